The van der Waals surface area contributed by atoms with Crippen LogP contribution in [0.2, 0.25) is 0 Å². The molecule has 1 saturated carbocycles. The number of anilines is 1. The first-order valence-corrected chi connectivity index (χ1v) is 7.42. The zero-order valence-corrected chi connectivity index (χ0v) is 12.2. The maximum absolute atomic E-state index is 11.3. The van der Waals surface area contributed by atoms with Crippen molar-refractivity contribution in [2.24, 2.45) is 11.7 Å². The Bertz CT molecular complexity index is 452. The van der Waals surface area contributed by atoms with Gasteiger partial charge in [-0.05, 0) is 37.0 Å². The summed E-state index contributed by atoms with van der Waals surface area (Å²) in [4.78, 5) is 11.3. The largest absolute Gasteiger partial charge is 0.495 e. The Morgan fingerprint density at radius 3 is 2.60 bits per heavy atom. The lowest BCUT2D eigenvalue weighted by Crippen LogP contribution is -2.15. The van der Waals surface area contributed by atoms with Gasteiger partial charge in [0.1, 0.15) is 5.75 Å². The molecule has 20 heavy (non-hydrogen) atoms. The highest BCUT2D eigenvalue weighted by molar-refractivity contribution is 5.94. The third kappa shape index (κ3) is 3.89. The Morgan fingerprint density at radius 2 is 2.00 bits per heavy atom. The van der Waals surface area contributed by atoms with Crippen LogP contribution in [0.15, 0.2) is 18.2 Å². The Hall–Kier alpha value is -1.71. The molecule has 1 aromatic carbocycles. The summed E-state index contributed by atoms with van der Waals surface area (Å²) < 4.78 is 5.33. The molecule has 0 bridgehead atoms. The van der Waals surface area contributed by atoms with Gasteiger partial charge in [0.05, 0.1) is 12.8 Å². The molecule has 110 valence electrons. The summed E-state index contributed by atoms with van der Waals surface area (Å²) in [5.41, 5.74) is 6.69. The fourth-order valence-electron chi connectivity index (χ4n) is 2.82. The number of hydrogen-bond donors (Lipinski definition) is 2. The zero-order chi connectivity index (χ0) is 14.4. The molecule has 1 aromatic rings. The first kappa shape index (κ1) is 14.7. The first-order valence-electron chi connectivity index (χ1n) is 7.42. The molecule has 1 aliphatic rings. The van der Waals surface area contributed by atoms with Crippen LogP contribution in [0.5, 0.6) is 5.75 Å². The summed E-state index contributed by atoms with van der Waals surface area (Å²) in [6, 6.07) is 5.26. The van der Waals surface area contributed by atoms with Crippen LogP contribution in [0.4, 0.5) is 5.69 Å². The molecule has 0 spiro atoms. The molecule has 0 unspecified atom stereocenters. The molecular formula is C16H24N2O2. The van der Waals surface area contributed by atoms with Gasteiger partial charge in [0.15, 0.2) is 0 Å². The monoisotopic (exact) mass is 276 g/mol. The van der Waals surface area contributed by atoms with E-state index in [1.54, 1.807) is 25.3 Å². The quantitative estimate of drug-likeness (QED) is 0.812. The summed E-state index contributed by atoms with van der Waals surface area (Å²) >= 11 is 0. The number of hydrogen-bond acceptors (Lipinski definition) is 3. The minimum absolute atomic E-state index is 0.412. The predicted octanol–water partition coefficient (Wildman–Crippen LogP) is 3.18. The van der Waals surface area contributed by atoms with Crippen LogP contribution in [0.1, 0.15) is 48.9 Å². The molecule has 4 nitrogen and oxygen atoms in total. The molecule has 0 saturated heterocycles. The summed E-state index contributed by atoms with van der Waals surface area (Å²) in [5.74, 6) is 1.05. The average Bonchev–Trinajstić information content (AvgIpc) is 2.73. The minimum Gasteiger partial charge on any atom is -0.495 e. The Balaban J connectivity index is 2.02. The van der Waals surface area contributed by atoms with E-state index in [4.69, 9.17) is 10.5 Å². The lowest BCUT2D eigenvalue weighted by molar-refractivity contribution is 0.100. The van der Waals surface area contributed by atoms with Gasteiger partial charge in [0.25, 0.3) is 0 Å². The second-order valence-electron chi connectivity index (χ2n) is 5.52. The number of nitrogens with two attached hydrogens (primary N) is 1. The van der Waals surface area contributed by atoms with Crippen molar-refractivity contribution >= 4 is 11.6 Å². The summed E-state index contributed by atoms with van der Waals surface area (Å²) in [6.07, 6.45) is 7.93. The van der Waals surface area contributed by atoms with Crippen molar-refractivity contribution in [3.05, 3.63) is 23.8 Å². The van der Waals surface area contributed by atoms with Gasteiger partial charge < -0.3 is 15.8 Å². The lowest BCUT2D eigenvalue weighted by Gasteiger charge is -2.17. The number of ether oxygens (including phenoxy) is 1. The molecule has 2 rings (SSSR count). The van der Waals surface area contributed by atoms with Crippen LogP contribution in [0, 0.1) is 5.92 Å². The normalized spacial score (nSPS) is 16.4. The van der Waals surface area contributed by atoms with E-state index in [1.807, 2.05) is 0 Å². The van der Waals surface area contributed by atoms with Gasteiger partial charge in [0, 0.05) is 12.1 Å². The molecule has 4 heteroatoms. The van der Waals surface area contributed by atoms with Crippen molar-refractivity contribution in [3.8, 4) is 5.75 Å². The number of carbonyl (C=O) groups is 1. The number of carbonyl (C=O) groups excluding carboxylic acids is 1. The van der Waals surface area contributed by atoms with E-state index < -0.39 is 5.91 Å². The molecule has 0 atom stereocenters. The Labute approximate surface area is 120 Å². The summed E-state index contributed by atoms with van der Waals surface area (Å²) in [7, 11) is 1.64. The van der Waals surface area contributed by atoms with Crippen molar-refractivity contribution < 1.29 is 9.53 Å². The maximum atomic E-state index is 11.3. The van der Waals surface area contributed by atoms with Gasteiger partial charge in [-0.2, -0.15) is 0 Å². The molecule has 3 N–H and O–H groups in total. The number of primary amides is 1. The lowest BCUT2D eigenvalue weighted by atomic mass is 10.0. The molecule has 0 heterocycles. The number of nitrogens with one attached hydrogen (secondary N) is 1. The second-order valence-corrected chi connectivity index (χ2v) is 5.52. The molecule has 1 amide bonds. The van der Waals surface area contributed by atoms with Gasteiger partial charge in [-0.3, -0.25) is 4.79 Å². The van der Waals surface area contributed by atoms with Gasteiger partial charge in [-0.1, -0.05) is 25.7 Å². The molecule has 0 aromatic heterocycles. The number of methoxy groups -OCH3 is 1. The standard InChI is InChI=1S/C16H24N2O2/c1-20-15-9-8-13(16(17)19)10-14(15)18-11-12-6-4-2-3-5-7-12/h8-10,12,18H,2-7,11H2,1H3,(H2,17,19). The maximum Gasteiger partial charge on any atom is 0.248 e. The molecule has 1 aliphatic carbocycles. The van der Waals surface area contributed by atoms with Crippen LogP contribution in [0.25, 0.3) is 0 Å². The van der Waals surface area contributed by atoms with Crippen molar-refractivity contribution in [1.29, 1.82) is 0 Å². The number of amides is 1. The average molecular weight is 276 g/mol. The van der Waals surface area contributed by atoms with E-state index in [0.717, 1.165) is 18.0 Å². The minimum atomic E-state index is -0.412. The second kappa shape index (κ2) is 7.17. The fraction of sp³-hybridized carbons (Fsp3) is 0.562. The summed E-state index contributed by atoms with van der Waals surface area (Å²) in [6.45, 7) is 0.929. The van der Waals surface area contributed by atoms with Crippen LogP contribution < -0.4 is 15.8 Å². The SMILES string of the molecule is COc1ccc(C(N)=O)cc1NCC1CCCCCC1. The fourth-order valence-corrected chi connectivity index (χ4v) is 2.82. The van der Waals surface area contributed by atoms with E-state index in [0.29, 0.717) is 11.5 Å². The van der Waals surface area contributed by atoms with Crippen molar-refractivity contribution in [2.45, 2.75) is 38.5 Å². The molecule has 0 aliphatic heterocycles. The van der Waals surface area contributed by atoms with E-state index in [2.05, 4.69) is 5.32 Å². The Morgan fingerprint density at radius 1 is 1.30 bits per heavy atom. The highest BCUT2D eigenvalue weighted by Crippen LogP contribution is 2.28. The van der Waals surface area contributed by atoms with E-state index in [1.165, 1.54) is 38.5 Å². The van der Waals surface area contributed by atoms with Crippen LogP contribution in [-0.4, -0.2) is 19.6 Å². The third-order valence-corrected chi connectivity index (χ3v) is 4.04. The van der Waals surface area contributed by atoms with Crippen LogP contribution in [-0.2, 0) is 0 Å². The van der Waals surface area contributed by atoms with Crippen molar-refractivity contribution in [2.75, 3.05) is 19.0 Å². The smallest absolute Gasteiger partial charge is 0.248 e. The highest BCUT2D eigenvalue weighted by Gasteiger charge is 2.13. The topological polar surface area (TPSA) is 64.3 Å². The zero-order valence-electron chi connectivity index (χ0n) is 12.2. The van der Waals surface area contributed by atoms with Gasteiger partial charge in [0.2, 0.25) is 5.91 Å². The van der Waals surface area contributed by atoms with E-state index in [-0.39, 0.29) is 0 Å². The summed E-state index contributed by atoms with van der Waals surface area (Å²) in [5, 5.41) is 3.42. The van der Waals surface area contributed by atoms with Gasteiger partial charge in [-0.25, -0.2) is 0 Å². The molecule has 1 fully saturated rings. The van der Waals surface area contributed by atoms with E-state index in [9.17, 15) is 4.79 Å². The van der Waals surface area contributed by atoms with Gasteiger partial charge in [-0.15, -0.1) is 0 Å². The highest BCUT2D eigenvalue weighted by atomic mass is 16.5. The van der Waals surface area contributed by atoms with Crippen LogP contribution in [0.3, 0.4) is 0 Å². The van der Waals surface area contributed by atoms with Crippen molar-refractivity contribution in [3.63, 3.8) is 0 Å². The Kier molecular flexibility index (Phi) is 5.27. The molecular weight excluding hydrogens is 252 g/mol. The number of rotatable bonds is 5. The third-order valence-electron chi connectivity index (χ3n) is 4.04. The van der Waals surface area contributed by atoms with Crippen molar-refractivity contribution in [1.82, 2.24) is 0 Å². The first-order chi connectivity index (χ1) is 9.70. The van der Waals surface area contributed by atoms with Crippen LogP contribution >= 0.6 is 0 Å². The number of benzene rings is 1. The van der Waals surface area contributed by atoms with Gasteiger partial charge >= 0.3 is 0 Å². The predicted molar refractivity (Wildman–Crippen MR) is 81.2 cm³/mol. The molecule has 0 radical (unpaired) electrons. The van der Waals surface area contributed by atoms with E-state index >= 15 is 0 Å².